The molecule has 0 aromatic heterocycles. The molecule has 0 unspecified atom stereocenters. The van der Waals surface area contributed by atoms with Gasteiger partial charge < -0.3 is 25.4 Å². The number of carbonyl (C=O) groups is 1. The zero-order valence-electron chi connectivity index (χ0n) is 18.2. The van der Waals surface area contributed by atoms with Gasteiger partial charge in [0.05, 0.1) is 0 Å². The van der Waals surface area contributed by atoms with Crippen molar-refractivity contribution in [1.82, 2.24) is 16.0 Å². The number of rotatable bonds is 11. The van der Waals surface area contributed by atoms with E-state index in [4.69, 9.17) is 9.47 Å². The summed E-state index contributed by atoms with van der Waals surface area (Å²) in [6.07, 6.45) is 4.07. The Morgan fingerprint density at radius 2 is 2.00 bits per heavy atom. The molecule has 1 saturated heterocycles. The molecule has 1 aliphatic rings. The number of nitrogens with zero attached hydrogens (tertiary/aromatic N) is 1. The second-order valence-corrected chi connectivity index (χ2v) is 7.29. The third-order valence-electron chi connectivity index (χ3n) is 4.86. The van der Waals surface area contributed by atoms with Crippen LogP contribution in [0.3, 0.4) is 0 Å². The molecule has 0 radical (unpaired) electrons. The highest BCUT2D eigenvalue weighted by atomic mass is 127. The number of halogens is 1. The second-order valence-electron chi connectivity index (χ2n) is 7.29. The van der Waals surface area contributed by atoms with E-state index >= 15 is 0 Å². The lowest BCUT2D eigenvalue weighted by molar-refractivity contribution is 0.0203. The van der Waals surface area contributed by atoms with Crippen LogP contribution in [0.1, 0.15) is 48.5 Å². The molecule has 7 nitrogen and oxygen atoms in total. The van der Waals surface area contributed by atoms with Gasteiger partial charge in [-0.05, 0) is 49.3 Å². The van der Waals surface area contributed by atoms with E-state index in [1.54, 1.807) is 7.05 Å². The van der Waals surface area contributed by atoms with Gasteiger partial charge in [-0.3, -0.25) is 9.79 Å². The zero-order valence-corrected chi connectivity index (χ0v) is 20.6. The lowest BCUT2D eigenvalue weighted by Gasteiger charge is -2.21. The zero-order chi connectivity index (χ0) is 20.7. The lowest BCUT2D eigenvalue weighted by atomic mass is 10.0. The van der Waals surface area contributed by atoms with Crippen LogP contribution in [0.15, 0.2) is 29.3 Å². The Kier molecular flexibility index (Phi) is 14.5. The summed E-state index contributed by atoms with van der Waals surface area (Å²) >= 11 is 0. The van der Waals surface area contributed by atoms with E-state index in [2.05, 4.69) is 20.9 Å². The topological polar surface area (TPSA) is 84.0 Å². The fourth-order valence-electron chi connectivity index (χ4n) is 3.11. The molecule has 3 N–H and O–H groups in total. The van der Waals surface area contributed by atoms with Crippen molar-refractivity contribution in [1.29, 1.82) is 0 Å². The number of aliphatic imine (C=N–C) groups is 1. The number of ether oxygens (including phenoxy) is 2. The Morgan fingerprint density at radius 1 is 1.20 bits per heavy atom. The quantitative estimate of drug-likeness (QED) is 0.177. The number of hydrogen-bond donors (Lipinski definition) is 3. The van der Waals surface area contributed by atoms with Crippen LogP contribution in [0, 0.1) is 5.92 Å². The van der Waals surface area contributed by atoms with Gasteiger partial charge in [0, 0.05) is 58.7 Å². The van der Waals surface area contributed by atoms with Crippen LogP contribution >= 0.6 is 24.0 Å². The first-order valence-electron chi connectivity index (χ1n) is 10.7. The van der Waals surface area contributed by atoms with Gasteiger partial charge in [-0.2, -0.15) is 0 Å². The molecule has 1 amide bonds. The summed E-state index contributed by atoms with van der Waals surface area (Å²) in [6.45, 7) is 7.44. The Labute approximate surface area is 197 Å². The molecule has 1 fully saturated rings. The third-order valence-corrected chi connectivity index (χ3v) is 4.86. The number of amides is 1. The molecular formula is C22H37IN4O3. The van der Waals surface area contributed by atoms with Crippen LogP contribution in [0.5, 0.6) is 0 Å². The SMILES string of the molecule is CCCNC(=O)c1cccc(CNC(=NC)NCCCOCC2CCOCC2)c1.I. The number of benzene rings is 1. The van der Waals surface area contributed by atoms with Crippen LogP contribution in [0.4, 0.5) is 0 Å². The number of guanidine groups is 1. The number of carbonyl (C=O) groups excluding carboxylic acids is 1. The fraction of sp³-hybridized carbons (Fsp3) is 0.636. The Hall–Kier alpha value is -1.39. The summed E-state index contributed by atoms with van der Waals surface area (Å²) in [7, 11) is 1.76. The number of nitrogens with one attached hydrogen (secondary N) is 3. The molecule has 1 heterocycles. The monoisotopic (exact) mass is 532 g/mol. The van der Waals surface area contributed by atoms with Crippen molar-refractivity contribution < 1.29 is 14.3 Å². The summed E-state index contributed by atoms with van der Waals surface area (Å²) in [5.74, 6) is 1.36. The molecule has 1 aliphatic heterocycles. The molecular weight excluding hydrogens is 495 g/mol. The highest BCUT2D eigenvalue weighted by Gasteiger charge is 2.13. The van der Waals surface area contributed by atoms with Gasteiger partial charge in [-0.1, -0.05) is 19.1 Å². The second kappa shape index (κ2) is 16.3. The van der Waals surface area contributed by atoms with E-state index in [-0.39, 0.29) is 29.9 Å². The fourth-order valence-corrected chi connectivity index (χ4v) is 3.11. The van der Waals surface area contributed by atoms with Gasteiger partial charge >= 0.3 is 0 Å². The molecule has 0 saturated carbocycles. The Bertz CT molecular complexity index is 637. The van der Waals surface area contributed by atoms with Crippen molar-refractivity contribution in [3.05, 3.63) is 35.4 Å². The van der Waals surface area contributed by atoms with Gasteiger partial charge in [-0.15, -0.1) is 24.0 Å². The van der Waals surface area contributed by atoms with E-state index in [1.165, 1.54) is 0 Å². The van der Waals surface area contributed by atoms with Gasteiger partial charge in [0.2, 0.25) is 0 Å². The van der Waals surface area contributed by atoms with E-state index in [9.17, 15) is 4.79 Å². The maximum Gasteiger partial charge on any atom is 0.251 e. The number of hydrogen-bond acceptors (Lipinski definition) is 4. The molecule has 30 heavy (non-hydrogen) atoms. The Morgan fingerprint density at radius 3 is 2.73 bits per heavy atom. The summed E-state index contributed by atoms with van der Waals surface area (Å²) in [4.78, 5) is 16.3. The van der Waals surface area contributed by atoms with Gasteiger partial charge in [0.15, 0.2) is 5.96 Å². The minimum absolute atomic E-state index is 0. The van der Waals surface area contributed by atoms with E-state index < -0.39 is 0 Å². The summed E-state index contributed by atoms with van der Waals surface area (Å²) < 4.78 is 11.2. The average Bonchev–Trinajstić information content (AvgIpc) is 2.77. The van der Waals surface area contributed by atoms with E-state index in [1.807, 2.05) is 31.2 Å². The smallest absolute Gasteiger partial charge is 0.251 e. The Balaban J connectivity index is 0.00000450. The normalized spacial score (nSPS) is 14.7. The van der Waals surface area contributed by atoms with Crippen LogP contribution < -0.4 is 16.0 Å². The van der Waals surface area contributed by atoms with Crippen LogP contribution in [-0.4, -0.2) is 58.4 Å². The summed E-state index contributed by atoms with van der Waals surface area (Å²) in [5.41, 5.74) is 1.72. The maximum absolute atomic E-state index is 12.1. The third kappa shape index (κ3) is 10.6. The van der Waals surface area contributed by atoms with Crippen molar-refractivity contribution in [3.63, 3.8) is 0 Å². The highest BCUT2D eigenvalue weighted by molar-refractivity contribution is 14.0. The maximum atomic E-state index is 12.1. The first kappa shape index (κ1) is 26.6. The van der Waals surface area contributed by atoms with E-state index in [0.717, 1.165) is 70.2 Å². The standard InChI is InChI=1S/C22H36N4O3.HI/c1-3-10-24-21(27)20-7-4-6-19(15-20)16-26-22(23-2)25-11-5-12-29-17-18-8-13-28-14-9-18;/h4,6-7,15,18H,3,5,8-14,16-17H2,1-2H3,(H,24,27)(H2,23,25,26);1H. The minimum Gasteiger partial charge on any atom is -0.381 e. The molecule has 0 aliphatic carbocycles. The van der Waals surface area contributed by atoms with Crippen molar-refractivity contribution >= 4 is 35.8 Å². The predicted octanol–water partition coefficient (Wildman–Crippen LogP) is 2.94. The van der Waals surface area contributed by atoms with Crippen molar-refractivity contribution in [3.8, 4) is 0 Å². The molecule has 170 valence electrons. The van der Waals surface area contributed by atoms with Crippen LogP contribution in [-0.2, 0) is 16.0 Å². The molecule has 0 bridgehead atoms. The van der Waals surface area contributed by atoms with Crippen molar-refractivity contribution in [2.24, 2.45) is 10.9 Å². The van der Waals surface area contributed by atoms with Crippen LogP contribution in [0.2, 0.25) is 0 Å². The highest BCUT2D eigenvalue weighted by Crippen LogP contribution is 2.14. The summed E-state index contributed by atoms with van der Waals surface area (Å²) in [6, 6.07) is 7.65. The molecule has 1 aromatic rings. The lowest BCUT2D eigenvalue weighted by Crippen LogP contribution is -2.37. The molecule has 1 aromatic carbocycles. The molecule has 0 spiro atoms. The molecule has 0 atom stereocenters. The predicted molar refractivity (Wildman–Crippen MR) is 132 cm³/mol. The first-order valence-corrected chi connectivity index (χ1v) is 10.7. The van der Waals surface area contributed by atoms with Gasteiger partial charge in [-0.25, -0.2) is 0 Å². The van der Waals surface area contributed by atoms with Crippen molar-refractivity contribution in [2.45, 2.75) is 39.2 Å². The minimum atomic E-state index is -0.0306. The van der Waals surface area contributed by atoms with Gasteiger partial charge in [0.1, 0.15) is 0 Å². The largest absolute Gasteiger partial charge is 0.381 e. The molecule has 2 rings (SSSR count). The van der Waals surface area contributed by atoms with Gasteiger partial charge in [0.25, 0.3) is 5.91 Å². The van der Waals surface area contributed by atoms with E-state index in [0.29, 0.717) is 24.6 Å². The summed E-state index contributed by atoms with van der Waals surface area (Å²) in [5, 5.41) is 9.50. The van der Waals surface area contributed by atoms with Crippen LogP contribution in [0.25, 0.3) is 0 Å². The van der Waals surface area contributed by atoms with Crippen molar-refractivity contribution in [2.75, 3.05) is 46.6 Å². The average molecular weight is 532 g/mol. The first-order chi connectivity index (χ1) is 14.2. The molecule has 8 heteroatoms.